The molecule has 0 saturated heterocycles. The van der Waals surface area contributed by atoms with Crippen LogP contribution >= 0.6 is 0 Å². The maximum absolute atomic E-state index is 4.18. The van der Waals surface area contributed by atoms with E-state index in [2.05, 4.69) is 32.1 Å². The molecule has 4 nitrogen and oxygen atoms in total. The van der Waals surface area contributed by atoms with Gasteiger partial charge in [-0.25, -0.2) is 0 Å². The molecule has 0 saturated carbocycles. The summed E-state index contributed by atoms with van der Waals surface area (Å²) in [6.07, 6.45) is 8.81. The maximum atomic E-state index is 4.18. The number of para-hydroxylation sites is 1. The molecule has 4 heterocycles. The number of aryl methyl sites for hydroxylation is 2. The highest BCUT2D eigenvalue weighted by Gasteiger charge is 1.86. The zero-order valence-electron chi connectivity index (χ0n) is 25.3. The van der Waals surface area contributed by atoms with Crippen LogP contribution in [0.15, 0.2) is 122 Å². The molecule has 214 valence electrons. The highest BCUT2D eigenvalue weighted by Crippen LogP contribution is 2.07. The highest BCUT2D eigenvalue weighted by atomic mass is 14.7. The van der Waals surface area contributed by atoms with Gasteiger partial charge >= 0.3 is 0 Å². The van der Waals surface area contributed by atoms with Gasteiger partial charge in [-0.15, -0.1) is 0 Å². The summed E-state index contributed by atoms with van der Waals surface area (Å²) in [5.41, 5.74) is 3.24. The molecule has 0 radical (unpaired) electrons. The van der Waals surface area contributed by atoms with Gasteiger partial charge in [0.05, 0.1) is 5.52 Å². The summed E-state index contributed by atoms with van der Waals surface area (Å²) < 4.78 is 0. The van der Waals surface area contributed by atoms with Gasteiger partial charge in [0.2, 0.25) is 0 Å². The number of pyridine rings is 4. The molecule has 5 aromatic rings. The Labute approximate surface area is 240 Å². The van der Waals surface area contributed by atoms with Crippen molar-refractivity contribution in [2.24, 2.45) is 0 Å². The number of benzene rings is 1. The Kier molecular flexibility index (Phi) is 39.2. The molecule has 39 heavy (non-hydrogen) atoms. The highest BCUT2D eigenvalue weighted by molar-refractivity contribution is 5.77. The molecule has 5 rings (SSSR count). The van der Waals surface area contributed by atoms with Crippen molar-refractivity contribution in [1.29, 1.82) is 0 Å². The Morgan fingerprint density at radius 2 is 0.821 bits per heavy atom. The summed E-state index contributed by atoms with van der Waals surface area (Å²) in [6, 6.07) is 29.5. The molecular formula is C35H54N4. The first kappa shape index (κ1) is 42.2. The average molecular weight is 531 g/mol. The molecule has 0 atom stereocenters. The van der Waals surface area contributed by atoms with Gasteiger partial charge in [-0.1, -0.05) is 105 Å². The monoisotopic (exact) mass is 530 g/mol. The number of hydrogen-bond donors (Lipinski definition) is 0. The Morgan fingerprint density at radius 1 is 0.410 bits per heavy atom. The van der Waals surface area contributed by atoms with Crippen molar-refractivity contribution >= 4 is 10.9 Å². The lowest BCUT2D eigenvalue weighted by Crippen LogP contribution is -1.81. The van der Waals surface area contributed by atoms with Gasteiger partial charge in [-0.05, 0) is 62.4 Å². The quantitative estimate of drug-likeness (QED) is 0.200. The minimum Gasteiger partial charge on any atom is -0.265 e. The van der Waals surface area contributed by atoms with Crippen LogP contribution in [0.5, 0.6) is 0 Å². The van der Waals surface area contributed by atoms with Crippen molar-refractivity contribution in [3.63, 3.8) is 0 Å². The van der Waals surface area contributed by atoms with Gasteiger partial charge in [-0.3, -0.25) is 19.9 Å². The van der Waals surface area contributed by atoms with E-state index >= 15 is 0 Å². The Balaban J connectivity index is -0.000000194. The molecule has 0 amide bonds. The summed E-state index contributed by atoms with van der Waals surface area (Å²) in [5.74, 6) is 0. The van der Waals surface area contributed by atoms with E-state index < -0.39 is 0 Å². The molecule has 0 spiro atoms. The van der Waals surface area contributed by atoms with Crippen molar-refractivity contribution in [3.05, 3.63) is 133 Å². The average Bonchev–Trinajstić information content (AvgIpc) is 3.04. The summed E-state index contributed by atoms with van der Waals surface area (Å²) in [4.78, 5) is 15.9. The van der Waals surface area contributed by atoms with Gasteiger partial charge in [0.15, 0.2) is 0 Å². The molecule has 0 unspecified atom stereocenters. The van der Waals surface area contributed by atoms with Gasteiger partial charge in [0.1, 0.15) is 0 Å². The first-order valence-electron chi connectivity index (χ1n) is 13.7. The molecule has 0 fully saturated rings. The van der Waals surface area contributed by atoms with Crippen molar-refractivity contribution in [1.82, 2.24) is 19.9 Å². The number of rotatable bonds is 0. The predicted molar refractivity (Wildman–Crippen MR) is 176 cm³/mol. The standard InChI is InChI=1S/C9H7N.C7H9N.2C5H5N.4C2H6.CH4/c1-2-6-9-8(4-1)5-3-7-10-9;1-6-4-3-5-7(2)8-6;2*1-2-4-6-5-3-1;4*1-2;/h1-7H;3-5H,1-2H3;2*1-5H;4*1-2H3;1H4. The molecule has 0 aliphatic rings. The maximum Gasteiger partial charge on any atom is 0.0701 e. The van der Waals surface area contributed by atoms with Crippen LogP contribution in [0.1, 0.15) is 74.2 Å². The third-order valence-electron chi connectivity index (χ3n) is 3.67. The second kappa shape index (κ2) is 36.2. The fourth-order valence-corrected chi connectivity index (χ4v) is 2.32. The second-order valence-electron chi connectivity index (χ2n) is 6.17. The van der Waals surface area contributed by atoms with Crippen LogP contribution in [0.2, 0.25) is 0 Å². The fraction of sp³-hybridized carbons (Fsp3) is 0.314. The number of nitrogens with zero attached hydrogens (tertiary/aromatic N) is 4. The molecule has 0 aliphatic carbocycles. The van der Waals surface area contributed by atoms with Crippen molar-refractivity contribution in [2.45, 2.75) is 76.7 Å². The van der Waals surface area contributed by atoms with Crippen molar-refractivity contribution in [2.75, 3.05) is 0 Å². The number of fused-ring (bicyclic) bond motifs is 1. The zero-order chi connectivity index (χ0) is 29.3. The molecule has 1 aromatic carbocycles. The van der Waals surface area contributed by atoms with Crippen LogP contribution in [0, 0.1) is 13.8 Å². The van der Waals surface area contributed by atoms with Crippen molar-refractivity contribution < 1.29 is 0 Å². The van der Waals surface area contributed by atoms with E-state index in [1.165, 1.54) is 5.39 Å². The summed E-state index contributed by atoms with van der Waals surface area (Å²) in [5, 5.41) is 1.20. The first-order chi connectivity index (χ1) is 18.8. The molecule has 0 bridgehead atoms. The van der Waals surface area contributed by atoms with E-state index in [0.29, 0.717) is 0 Å². The van der Waals surface area contributed by atoms with Crippen LogP contribution in [0.25, 0.3) is 10.9 Å². The van der Waals surface area contributed by atoms with Crippen LogP contribution in [0.4, 0.5) is 0 Å². The molecule has 0 aliphatic heterocycles. The summed E-state index contributed by atoms with van der Waals surface area (Å²) >= 11 is 0. The lowest BCUT2D eigenvalue weighted by atomic mass is 10.2. The summed E-state index contributed by atoms with van der Waals surface area (Å²) in [7, 11) is 0. The summed E-state index contributed by atoms with van der Waals surface area (Å²) in [6.45, 7) is 20.0. The lowest BCUT2D eigenvalue weighted by molar-refractivity contribution is 1.12. The minimum absolute atomic E-state index is 0. The topological polar surface area (TPSA) is 51.6 Å². The molecule has 0 N–H and O–H groups in total. The van der Waals surface area contributed by atoms with E-state index in [0.717, 1.165) is 16.9 Å². The van der Waals surface area contributed by atoms with E-state index in [9.17, 15) is 0 Å². The van der Waals surface area contributed by atoms with Crippen molar-refractivity contribution in [3.8, 4) is 0 Å². The largest absolute Gasteiger partial charge is 0.265 e. The molecular weight excluding hydrogens is 476 g/mol. The number of hydrogen-bond acceptors (Lipinski definition) is 4. The normalized spacial score (nSPS) is 7.54. The third-order valence-corrected chi connectivity index (χ3v) is 3.67. The fourth-order valence-electron chi connectivity index (χ4n) is 2.32. The van der Waals surface area contributed by atoms with Crippen LogP contribution in [0.3, 0.4) is 0 Å². The van der Waals surface area contributed by atoms with Gasteiger partial charge in [0, 0.05) is 47.8 Å². The van der Waals surface area contributed by atoms with Crippen LogP contribution in [-0.4, -0.2) is 19.9 Å². The SMILES string of the molecule is C.CC.CC.CC.CC.Cc1cccc(C)n1.c1ccc2ncccc2c1.c1ccncc1.c1ccncc1. The predicted octanol–water partition coefficient (Wildman–Crippen LogP) is 10.8. The van der Waals surface area contributed by atoms with E-state index in [1.54, 1.807) is 24.8 Å². The Hall–Kier alpha value is -3.92. The van der Waals surface area contributed by atoms with Gasteiger partial charge in [0.25, 0.3) is 0 Å². The minimum atomic E-state index is 0. The number of aromatic nitrogens is 4. The van der Waals surface area contributed by atoms with Crippen LogP contribution < -0.4 is 0 Å². The Morgan fingerprint density at radius 3 is 1.13 bits per heavy atom. The third kappa shape index (κ3) is 26.9. The lowest BCUT2D eigenvalue weighted by Gasteiger charge is -1.91. The van der Waals surface area contributed by atoms with Gasteiger partial charge < -0.3 is 0 Å². The van der Waals surface area contributed by atoms with E-state index in [4.69, 9.17) is 0 Å². The van der Waals surface area contributed by atoms with Gasteiger partial charge in [-0.2, -0.15) is 0 Å². The van der Waals surface area contributed by atoms with E-state index in [1.807, 2.05) is 154 Å². The molecule has 4 heteroatoms. The smallest absolute Gasteiger partial charge is 0.0701 e. The van der Waals surface area contributed by atoms with E-state index in [-0.39, 0.29) is 7.43 Å². The second-order valence-corrected chi connectivity index (χ2v) is 6.17. The Bertz CT molecular complexity index is 902. The van der Waals surface area contributed by atoms with Crippen LogP contribution in [-0.2, 0) is 0 Å². The zero-order valence-corrected chi connectivity index (χ0v) is 25.3. The first-order valence-corrected chi connectivity index (χ1v) is 13.7. The molecule has 4 aromatic heterocycles.